The Kier molecular flexibility index (Phi) is 8.30. The zero-order valence-corrected chi connectivity index (χ0v) is 18.4. The summed E-state index contributed by atoms with van der Waals surface area (Å²) in [6.07, 6.45) is 13.4. The van der Waals surface area contributed by atoms with Gasteiger partial charge in [-0.15, -0.1) is 0 Å². The van der Waals surface area contributed by atoms with Gasteiger partial charge in [0.25, 0.3) is 0 Å². The highest BCUT2D eigenvalue weighted by atomic mass is 16.1. The quantitative estimate of drug-likeness (QED) is 0.371. The van der Waals surface area contributed by atoms with E-state index in [-0.39, 0.29) is 11.6 Å². The minimum absolute atomic E-state index is 0.0611. The molecule has 30 heavy (non-hydrogen) atoms. The lowest BCUT2D eigenvalue weighted by molar-refractivity contribution is -0.135. The fraction of sp³-hybridized carbons (Fsp3) is 0.538. The van der Waals surface area contributed by atoms with Crippen LogP contribution in [0.5, 0.6) is 0 Å². The number of Topliss-reactive ketones (excluding diaryl/α,β-unsaturated/α-hetero) is 2. The Morgan fingerprint density at radius 2 is 1.70 bits per heavy atom. The van der Waals surface area contributed by atoms with Gasteiger partial charge < -0.3 is 0 Å². The van der Waals surface area contributed by atoms with Crippen LogP contribution in [0.1, 0.15) is 76.3 Å². The lowest BCUT2D eigenvalue weighted by Gasteiger charge is -2.25. The number of benzene rings is 1. The molecule has 0 aliphatic heterocycles. The Balaban J connectivity index is 1.54. The van der Waals surface area contributed by atoms with Gasteiger partial charge in [-0.25, -0.2) is 9.97 Å². The minimum atomic E-state index is -0.402. The van der Waals surface area contributed by atoms with Gasteiger partial charge in [0.2, 0.25) is 0 Å². The molecule has 2 unspecified atom stereocenters. The molecule has 0 spiro atoms. The number of hydrogen-bond acceptors (Lipinski definition) is 4. The fourth-order valence-corrected chi connectivity index (χ4v) is 4.27. The third-order valence-electron chi connectivity index (χ3n) is 6.32. The van der Waals surface area contributed by atoms with Crippen molar-refractivity contribution in [2.24, 2.45) is 11.8 Å². The molecule has 3 rings (SSSR count). The van der Waals surface area contributed by atoms with E-state index in [1.54, 1.807) is 0 Å². The zero-order chi connectivity index (χ0) is 21.3. The van der Waals surface area contributed by atoms with Gasteiger partial charge in [-0.3, -0.25) is 9.59 Å². The third kappa shape index (κ3) is 6.07. The maximum atomic E-state index is 12.6. The Morgan fingerprint density at radius 1 is 0.967 bits per heavy atom. The van der Waals surface area contributed by atoms with Crippen molar-refractivity contribution in [1.82, 2.24) is 9.97 Å². The lowest BCUT2D eigenvalue weighted by Crippen LogP contribution is -2.31. The summed E-state index contributed by atoms with van der Waals surface area (Å²) in [6.45, 7) is 4.34. The van der Waals surface area contributed by atoms with Gasteiger partial charge in [0, 0.05) is 30.8 Å². The monoisotopic (exact) mass is 406 g/mol. The highest BCUT2D eigenvalue weighted by molar-refractivity contribution is 6.03. The number of hydrogen-bond donors (Lipinski definition) is 0. The largest absolute Gasteiger partial charge is 0.299 e. The maximum Gasteiger partial charge on any atom is 0.159 e. The highest BCUT2D eigenvalue weighted by Crippen LogP contribution is 2.29. The van der Waals surface area contributed by atoms with Crippen LogP contribution in [0.4, 0.5) is 0 Å². The Hall–Kier alpha value is -2.36. The molecule has 2 aromatic rings. The molecule has 0 N–H and O–H groups in total. The van der Waals surface area contributed by atoms with E-state index in [0.717, 1.165) is 30.4 Å². The number of carbonyl (C=O) groups is 2. The van der Waals surface area contributed by atoms with Crippen LogP contribution < -0.4 is 0 Å². The van der Waals surface area contributed by atoms with Crippen LogP contribution in [-0.2, 0) is 22.4 Å². The molecular formula is C26H34N2O2. The first-order valence-electron chi connectivity index (χ1n) is 11.6. The smallest absolute Gasteiger partial charge is 0.159 e. The molecule has 1 fully saturated rings. The van der Waals surface area contributed by atoms with Crippen molar-refractivity contribution in [2.45, 2.75) is 78.1 Å². The van der Waals surface area contributed by atoms with Gasteiger partial charge in [0.05, 0.1) is 5.92 Å². The van der Waals surface area contributed by atoms with Crippen LogP contribution in [0.15, 0.2) is 36.7 Å². The second-order valence-electron chi connectivity index (χ2n) is 8.64. The van der Waals surface area contributed by atoms with Crippen molar-refractivity contribution in [1.29, 1.82) is 0 Å². The summed E-state index contributed by atoms with van der Waals surface area (Å²) in [4.78, 5) is 34.0. The standard InChI is InChI=1S/C26H34N2O2/c1-3-5-6-7-8-21-17-27-26(28-18-21)22-12-9-20(10-13-22)16-25(30)23-14-11-19(4-2)15-24(23)29/h9-10,12-13,17-19,23H,3-8,11,14-16H2,1-2H3. The van der Waals surface area contributed by atoms with E-state index in [9.17, 15) is 9.59 Å². The van der Waals surface area contributed by atoms with Gasteiger partial charge in [-0.2, -0.15) is 0 Å². The number of ketones is 2. The summed E-state index contributed by atoms with van der Waals surface area (Å²) in [7, 11) is 0. The highest BCUT2D eigenvalue weighted by Gasteiger charge is 2.32. The van der Waals surface area contributed by atoms with Crippen LogP contribution in [-0.4, -0.2) is 21.5 Å². The summed E-state index contributed by atoms with van der Waals surface area (Å²) in [5.41, 5.74) is 3.07. The molecule has 1 aliphatic carbocycles. The van der Waals surface area contributed by atoms with E-state index >= 15 is 0 Å². The first-order chi connectivity index (χ1) is 14.6. The van der Waals surface area contributed by atoms with Crippen molar-refractivity contribution < 1.29 is 9.59 Å². The van der Waals surface area contributed by atoms with E-state index in [1.807, 2.05) is 36.7 Å². The van der Waals surface area contributed by atoms with Gasteiger partial charge in [0.15, 0.2) is 5.82 Å². The SMILES string of the molecule is CCCCCCc1cnc(-c2ccc(CC(=O)C3CCC(CC)CC3=O)cc2)nc1. The molecule has 0 bridgehead atoms. The molecule has 1 aliphatic rings. The van der Waals surface area contributed by atoms with Crippen molar-refractivity contribution >= 4 is 11.6 Å². The Bertz CT molecular complexity index is 827. The van der Waals surface area contributed by atoms with Crippen LogP contribution >= 0.6 is 0 Å². The third-order valence-corrected chi connectivity index (χ3v) is 6.32. The average molecular weight is 407 g/mol. The predicted octanol–water partition coefficient (Wildman–Crippen LogP) is 5.77. The lowest BCUT2D eigenvalue weighted by atomic mass is 9.77. The van der Waals surface area contributed by atoms with Crippen molar-refractivity contribution in [3.63, 3.8) is 0 Å². The molecule has 1 saturated carbocycles. The summed E-state index contributed by atoms with van der Waals surface area (Å²) in [5, 5.41) is 0. The summed E-state index contributed by atoms with van der Waals surface area (Å²) in [6, 6.07) is 7.85. The molecular weight excluding hydrogens is 372 g/mol. The molecule has 1 aromatic carbocycles. The second-order valence-corrected chi connectivity index (χ2v) is 8.64. The molecule has 160 valence electrons. The maximum absolute atomic E-state index is 12.6. The van der Waals surface area contributed by atoms with E-state index in [1.165, 1.54) is 31.2 Å². The minimum Gasteiger partial charge on any atom is -0.299 e. The van der Waals surface area contributed by atoms with Gasteiger partial charge in [-0.05, 0) is 42.7 Å². The number of unbranched alkanes of at least 4 members (excludes halogenated alkanes) is 3. The Morgan fingerprint density at radius 3 is 2.33 bits per heavy atom. The van der Waals surface area contributed by atoms with Crippen molar-refractivity contribution in [3.8, 4) is 11.4 Å². The normalized spacial score (nSPS) is 19.1. The van der Waals surface area contributed by atoms with E-state index in [2.05, 4.69) is 23.8 Å². The molecule has 0 radical (unpaired) electrons. The number of rotatable bonds is 10. The average Bonchev–Trinajstić information content (AvgIpc) is 2.77. The van der Waals surface area contributed by atoms with Crippen LogP contribution in [0.2, 0.25) is 0 Å². The molecule has 4 heteroatoms. The molecule has 4 nitrogen and oxygen atoms in total. The predicted molar refractivity (Wildman–Crippen MR) is 120 cm³/mol. The van der Waals surface area contributed by atoms with Crippen molar-refractivity contribution in [3.05, 3.63) is 47.8 Å². The number of aromatic nitrogens is 2. The Labute approximate surface area is 180 Å². The number of nitrogens with zero attached hydrogens (tertiary/aromatic N) is 2. The van der Waals surface area contributed by atoms with Gasteiger partial charge in [0.1, 0.15) is 11.6 Å². The second kappa shape index (κ2) is 11.1. The van der Waals surface area contributed by atoms with E-state index in [4.69, 9.17) is 0 Å². The van der Waals surface area contributed by atoms with E-state index in [0.29, 0.717) is 31.0 Å². The molecule has 0 amide bonds. The fourth-order valence-electron chi connectivity index (χ4n) is 4.27. The number of aryl methyl sites for hydroxylation is 1. The molecule has 0 saturated heterocycles. The van der Waals surface area contributed by atoms with Crippen LogP contribution in [0.25, 0.3) is 11.4 Å². The summed E-state index contributed by atoms with van der Waals surface area (Å²) in [5.74, 6) is 0.964. The topological polar surface area (TPSA) is 59.9 Å². The molecule has 1 aromatic heterocycles. The van der Waals surface area contributed by atoms with Gasteiger partial charge in [-0.1, -0.05) is 63.8 Å². The molecule has 1 heterocycles. The van der Waals surface area contributed by atoms with Crippen molar-refractivity contribution in [2.75, 3.05) is 0 Å². The van der Waals surface area contributed by atoms with Gasteiger partial charge >= 0.3 is 0 Å². The van der Waals surface area contributed by atoms with E-state index < -0.39 is 5.92 Å². The first-order valence-corrected chi connectivity index (χ1v) is 11.6. The summed E-state index contributed by atoms with van der Waals surface area (Å²) < 4.78 is 0. The van der Waals surface area contributed by atoms with Crippen LogP contribution in [0.3, 0.4) is 0 Å². The summed E-state index contributed by atoms with van der Waals surface area (Å²) >= 11 is 0. The first kappa shape index (κ1) is 22.3. The zero-order valence-electron chi connectivity index (χ0n) is 18.4. The van der Waals surface area contributed by atoms with Crippen LogP contribution in [0, 0.1) is 11.8 Å². The number of carbonyl (C=O) groups excluding carboxylic acids is 2. The molecule has 2 atom stereocenters.